The number of hydrogen-bond donors (Lipinski definition) is 0. The van der Waals surface area contributed by atoms with E-state index in [1.165, 1.54) is 37.4 Å². The van der Waals surface area contributed by atoms with Crippen LogP contribution in [0.2, 0.25) is 0 Å². The SMILES string of the molecule is Cc1ccc([Si](c2ccc(C)cc2)(c2ccc(C)cc2)c2ccc(-n3c4ccc(P(=O)(c5ccccc5)c5ccccc5)cc4c4cc(P(=O)(c5ccccc5)c5ccccc5)ccc43)cc2)cc1. The molecule has 0 amide bonds. The van der Waals surface area contributed by atoms with Gasteiger partial charge in [-0.05, 0) is 90.0 Å². The molecule has 0 fully saturated rings. The molecule has 11 rings (SSSR count). The predicted molar refractivity (Wildman–Crippen MR) is 297 cm³/mol. The van der Waals surface area contributed by atoms with Crippen molar-refractivity contribution in [2.75, 3.05) is 0 Å². The summed E-state index contributed by atoms with van der Waals surface area (Å²) < 4.78 is 34.2. The highest BCUT2D eigenvalue weighted by molar-refractivity contribution is 7.85. The third-order valence-corrected chi connectivity index (χ3v) is 24.9. The van der Waals surface area contributed by atoms with Gasteiger partial charge in [0.25, 0.3) is 0 Å². The van der Waals surface area contributed by atoms with Gasteiger partial charge >= 0.3 is 0 Å². The maximum absolute atomic E-state index is 16.0. The van der Waals surface area contributed by atoms with Crippen LogP contribution in [-0.4, -0.2) is 12.6 Å². The molecule has 0 bridgehead atoms. The van der Waals surface area contributed by atoms with E-state index < -0.39 is 22.4 Å². The van der Waals surface area contributed by atoms with Crippen LogP contribution in [0, 0.1) is 20.8 Å². The van der Waals surface area contributed by atoms with Crippen molar-refractivity contribution in [2.24, 2.45) is 0 Å². The Bertz CT molecular complexity index is 3350. The third kappa shape index (κ3) is 7.52. The van der Waals surface area contributed by atoms with Crippen molar-refractivity contribution in [2.45, 2.75) is 20.8 Å². The topological polar surface area (TPSA) is 39.1 Å². The summed E-state index contributed by atoms with van der Waals surface area (Å²) in [4.78, 5) is 0. The van der Waals surface area contributed by atoms with Gasteiger partial charge in [0.1, 0.15) is 0 Å². The standard InChI is InChI=1S/C63H51NO2P2Si/c1-46-24-34-56(35-25-46)69(57-36-26-47(2)27-37-57,58-38-28-48(3)29-39-58)59-40-30-49(31-41-59)64-62-42-32-54(67(65,50-16-8-4-9-17-50)51-18-10-5-11-19-51)44-60(62)61-45-55(33-43-63(61)64)68(66,52-20-12-6-13-21-52)53-22-14-7-15-23-53/h4-45H,1-3H3. The molecule has 0 saturated heterocycles. The normalized spacial score (nSPS) is 12.1. The summed E-state index contributed by atoms with van der Waals surface area (Å²) in [5.41, 5.74) is 6.64. The largest absolute Gasteiger partial charge is 0.309 e. The van der Waals surface area contributed by atoms with E-state index in [4.69, 9.17) is 0 Å². The van der Waals surface area contributed by atoms with Crippen molar-refractivity contribution < 1.29 is 9.13 Å². The van der Waals surface area contributed by atoms with Gasteiger partial charge in [-0.15, -0.1) is 0 Å². The zero-order valence-corrected chi connectivity index (χ0v) is 41.7. The van der Waals surface area contributed by atoms with Gasteiger partial charge in [-0.25, -0.2) is 0 Å². The van der Waals surface area contributed by atoms with E-state index in [0.29, 0.717) is 0 Å². The van der Waals surface area contributed by atoms with Crippen LogP contribution in [-0.2, 0) is 9.13 Å². The minimum atomic E-state index is -3.34. The van der Waals surface area contributed by atoms with Crippen molar-refractivity contribution in [3.63, 3.8) is 0 Å². The second-order valence-electron chi connectivity index (χ2n) is 18.2. The molecule has 334 valence electrons. The minimum absolute atomic E-state index is 0.742. The summed E-state index contributed by atoms with van der Waals surface area (Å²) in [7, 11) is -9.53. The maximum atomic E-state index is 16.0. The van der Waals surface area contributed by atoms with Crippen molar-refractivity contribution in [3.05, 3.63) is 271 Å². The van der Waals surface area contributed by atoms with Crippen LogP contribution < -0.4 is 52.6 Å². The van der Waals surface area contributed by atoms with Crippen LogP contribution >= 0.6 is 14.3 Å². The Morgan fingerprint density at radius 3 is 0.870 bits per heavy atom. The molecule has 11 aromatic rings. The van der Waals surface area contributed by atoms with Crippen molar-refractivity contribution >= 4 is 96.7 Å². The molecule has 1 aromatic heterocycles. The lowest BCUT2D eigenvalue weighted by Gasteiger charge is -2.35. The minimum Gasteiger partial charge on any atom is -0.309 e. The van der Waals surface area contributed by atoms with Gasteiger partial charge in [0.2, 0.25) is 0 Å². The fourth-order valence-corrected chi connectivity index (χ4v) is 20.4. The quantitative estimate of drug-likeness (QED) is 0.0736. The average molecular weight is 944 g/mol. The number of hydrogen-bond acceptors (Lipinski definition) is 2. The first-order valence-corrected chi connectivity index (χ1v) is 28.9. The van der Waals surface area contributed by atoms with Gasteiger partial charge < -0.3 is 13.7 Å². The van der Waals surface area contributed by atoms with Gasteiger partial charge in [0, 0.05) is 48.3 Å². The van der Waals surface area contributed by atoms with E-state index in [2.05, 4.69) is 159 Å². The van der Waals surface area contributed by atoms with Crippen molar-refractivity contribution in [1.82, 2.24) is 4.57 Å². The smallest absolute Gasteiger partial charge is 0.179 e. The molecule has 10 aromatic carbocycles. The Labute approximate surface area is 406 Å². The third-order valence-electron chi connectivity index (χ3n) is 14.0. The average Bonchev–Trinajstić information content (AvgIpc) is 3.74. The van der Waals surface area contributed by atoms with Crippen LogP contribution in [0.1, 0.15) is 16.7 Å². The molecule has 0 atom stereocenters. The molecular weight excluding hydrogens is 893 g/mol. The van der Waals surface area contributed by atoms with E-state index in [1.54, 1.807) is 0 Å². The van der Waals surface area contributed by atoms with E-state index in [0.717, 1.165) is 59.3 Å². The maximum Gasteiger partial charge on any atom is 0.179 e. The highest BCUT2D eigenvalue weighted by atomic mass is 31.2. The number of nitrogens with zero attached hydrogens (tertiary/aromatic N) is 1. The number of rotatable bonds is 11. The molecule has 69 heavy (non-hydrogen) atoms. The zero-order chi connectivity index (χ0) is 47.2. The molecule has 0 unspecified atom stereocenters. The summed E-state index contributed by atoms with van der Waals surface area (Å²) in [5.74, 6) is 0. The van der Waals surface area contributed by atoms with E-state index in [-0.39, 0.29) is 0 Å². The molecule has 0 saturated carbocycles. The van der Waals surface area contributed by atoms with Crippen molar-refractivity contribution in [3.8, 4) is 5.69 Å². The Morgan fingerprint density at radius 1 is 0.304 bits per heavy atom. The lowest BCUT2D eigenvalue weighted by atomic mass is 10.1. The number of aromatic nitrogens is 1. The lowest BCUT2D eigenvalue weighted by molar-refractivity contribution is 0.591. The fraction of sp³-hybridized carbons (Fsp3) is 0.0476. The van der Waals surface area contributed by atoms with Crippen LogP contribution in [0.3, 0.4) is 0 Å². The Balaban J connectivity index is 1.17. The lowest BCUT2D eigenvalue weighted by Crippen LogP contribution is -2.74. The van der Waals surface area contributed by atoms with E-state index in [9.17, 15) is 0 Å². The summed E-state index contributed by atoms with van der Waals surface area (Å²) in [6.45, 7) is 6.46. The molecule has 3 nitrogen and oxygen atoms in total. The van der Waals surface area contributed by atoms with E-state index >= 15 is 9.13 Å². The van der Waals surface area contributed by atoms with Crippen LogP contribution in [0.15, 0.2) is 255 Å². The fourth-order valence-electron chi connectivity index (χ4n) is 10.4. The molecular formula is C63H51NO2P2Si. The molecule has 0 aliphatic rings. The predicted octanol–water partition coefficient (Wildman–Crippen LogP) is 10.4. The summed E-state index contributed by atoms with van der Waals surface area (Å²) in [6, 6.07) is 88.8. The first-order chi connectivity index (χ1) is 33.7. The second kappa shape index (κ2) is 18.0. The summed E-state index contributed by atoms with van der Waals surface area (Å²) in [6.07, 6.45) is 0. The van der Waals surface area contributed by atoms with Crippen molar-refractivity contribution in [1.29, 1.82) is 0 Å². The molecule has 0 aliphatic carbocycles. The molecule has 0 radical (unpaired) electrons. The molecule has 0 N–H and O–H groups in total. The van der Waals surface area contributed by atoms with Gasteiger partial charge in [-0.1, -0.05) is 223 Å². The molecule has 1 heterocycles. The van der Waals surface area contributed by atoms with Gasteiger partial charge in [0.15, 0.2) is 22.4 Å². The Hall–Kier alpha value is -7.32. The van der Waals surface area contributed by atoms with E-state index in [1.807, 2.05) is 121 Å². The van der Waals surface area contributed by atoms with Crippen LogP contribution in [0.4, 0.5) is 0 Å². The molecule has 0 spiro atoms. The van der Waals surface area contributed by atoms with Crippen LogP contribution in [0.5, 0.6) is 0 Å². The number of fused-ring (bicyclic) bond motifs is 3. The van der Waals surface area contributed by atoms with Gasteiger partial charge in [-0.2, -0.15) is 0 Å². The zero-order valence-electron chi connectivity index (χ0n) is 38.9. The molecule has 6 heteroatoms. The monoisotopic (exact) mass is 943 g/mol. The number of benzene rings is 10. The number of aryl methyl sites for hydroxylation is 3. The Kier molecular flexibility index (Phi) is 11.5. The highest BCUT2D eigenvalue weighted by Gasteiger charge is 2.42. The molecule has 0 aliphatic heterocycles. The van der Waals surface area contributed by atoms with Crippen LogP contribution in [0.25, 0.3) is 27.5 Å². The van der Waals surface area contributed by atoms with Gasteiger partial charge in [-0.3, -0.25) is 0 Å². The Morgan fingerprint density at radius 2 is 0.580 bits per heavy atom. The summed E-state index contributed by atoms with van der Waals surface area (Å²) >= 11 is 0. The second-order valence-corrected chi connectivity index (χ2v) is 27.5. The van der Waals surface area contributed by atoms with Gasteiger partial charge in [0.05, 0.1) is 11.0 Å². The summed E-state index contributed by atoms with van der Waals surface area (Å²) in [5, 5.41) is 11.7. The highest BCUT2D eigenvalue weighted by Crippen LogP contribution is 2.46. The first kappa shape index (κ1) is 44.2. The first-order valence-electron chi connectivity index (χ1n) is 23.5.